The molecule has 2 heterocycles. The smallest absolute Gasteiger partial charge is 0.257 e. The van der Waals surface area contributed by atoms with Gasteiger partial charge in [0, 0.05) is 23.5 Å². The van der Waals surface area contributed by atoms with Gasteiger partial charge in [-0.25, -0.2) is 0 Å². The molecule has 26 heavy (non-hydrogen) atoms. The van der Waals surface area contributed by atoms with Gasteiger partial charge in [-0.2, -0.15) is 0 Å². The first-order valence-corrected chi connectivity index (χ1v) is 11.6. The molecule has 138 valence electrons. The van der Waals surface area contributed by atoms with Gasteiger partial charge in [-0.1, -0.05) is 72.8 Å². The van der Waals surface area contributed by atoms with Crippen LogP contribution in [0.4, 0.5) is 5.13 Å². The Labute approximate surface area is 166 Å². The van der Waals surface area contributed by atoms with Gasteiger partial charge < -0.3 is 0 Å². The number of anilines is 1. The van der Waals surface area contributed by atoms with E-state index in [0.717, 1.165) is 45.8 Å². The minimum atomic E-state index is -0.126. The van der Waals surface area contributed by atoms with Gasteiger partial charge in [0.15, 0.2) is 0 Å². The molecular formula is C18H22N4OS3. The van der Waals surface area contributed by atoms with E-state index < -0.39 is 0 Å². The molecule has 2 aromatic rings. The van der Waals surface area contributed by atoms with Crippen molar-refractivity contribution in [2.75, 3.05) is 17.6 Å². The van der Waals surface area contributed by atoms with E-state index in [4.69, 9.17) is 0 Å². The van der Waals surface area contributed by atoms with Gasteiger partial charge in [-0.15, -0.1) is 10.2 Å². The van der Waals surface area contributed by atoms with Crippen LogP contribution in [0.1, 0.15) is 47.1 Å². The van der Waals surface area contributed by atoms with Gasteiger partial charge in [0.05, 0.1) is 6.54 Å². The third-order valence-electron chi connectivity index (χ3n) is 3.85. The van der Waals surface area contributed by atoms with Crippen LogP contribution in [-0.4, -0.2) is 32.8 Å². The van der Waals surface area contributed by atoms with Crippen molar-refractivity contribution in [1.29, 1.82) is 0 Å². The predicted molar refractivity (Wildman–Crippen MR) is 114 cm³/mol. The zero-order valence-corrected chi connectivity index (χ0v) is 17.2. The van der Waals surface area contributed by atoms with Crippen molar-refractivity contribution in [3.8, 4) is 0 Å². The molecule has 0 atom stereocenters. The average molecular weight is 407 g/mol. The van der Waals surface area contributed by atoms with Crippen LogP contribution in [0.15, 0.2) is 29.3 Å². The first-order chi connectivity index (χ1) is 12.8. The number of thioether (sulfide) groups is 2. The van der Waals surface area contributed by atoms with Crippen molar-refractivity contribution in [3.05, 3.63) is 40.4 Å². The number of nitrogens with one attached hydrogen (secondary N) is 1. The summed E-state index contributed by atoms with van der Waals surface area (Å²) in [4.78, 5) is 17.1. The standard InChI is InChI=1S/C18H22N4OS3/c1-2-3-4-9-15-21-22-17(26-15)20-16(23)14-8-6-5-7-13(14)12-25-18-19-10-11-24-18/h5-8H,2-4,9-12H2,1H3,(H,20,22,23). The van der Waals surface area contributed by atoms with Crippen molar-refractivity contribution in [3.63, 3.8) is 0 Å². The number of aliphatic imine (C=N–C) groups is 1. The third kappa shape index (κ3) is 5.56. The van der Waals surface area contributed by atoms with Crippen LogP contribution < -0.4 is 5.32 Å². The Morgan fingerprint density at radius 1 is 1.27 bits per heavy atom. The Hall–Kier alpha value is -1.38. The van der Waals surface area contributed by atoms with Crippen LogP contribution in [0.5, 0.6) is 0 Å². The maximum atomic E-state index is 12.7. The lowest BCUT2D eigenvalue weighted by molar-refractivity contribution is 0.102. The lowest BCUT2D eigenvalue weighted by atomic mass is 10.1. The number of benzene rings is 1. The lowest BCUT2D eigenvalue weighted by Gasteiger charge is -2.08. The minimum absolute atomic E-state index is 0.126. The molecule has 0 fully saturated rings. The van der Waals surface area contributed by atoms with E-state index in [2.05, 4.69) is 27.4 Å². The molecule has 1 N–H and O–H groups in total. The molecule has 5 nitrogen and oxygen atoms in total. The largest absolute Gasteiger partial charge is 0.296 e. The average Bonchev–Trinajstić information content (AvgIpc) is 3.32. The van der Waals surface area contributed by atoms with Crippen molar-refractivity contribution in [1.82, 2.24) is 10.2 Å². The summed E-state index contributed by atoms with van der Waals surface area (Å²) in [5, 5.41) is 12.7. The number of aromatic nitrogens is 2. The molecule has 0 unspecified atom stereocenters. The molecule has 1 aliphatic heterocycles. The molecule has 1 aromatic heterocycles. The van der Waals surface area contributed by atoms with E-state index in [1.54, 1.807) is 23.5 Å². The highest BCUT2D eigenvalue weighted by Crippen LogP contribution is 2.27. The van der Waals surface area contributed by atoms with Crippen LogP contribution in [0, 0.1) is 0 Å². The summed E-state index contributed by atoms with van der Waals surface area (Å²) in [5.74, 6) is 1.68. The number of unbranched alkanes of at least 4 members (excludes halogenated alkanes) is 2. The fourth-order valence-electron chi connectivity index (χ4n) is 2.51. The first kappa shape index (κ1) is 19.4. The highest BCUT2D eigenvalue weighted by Gasteiger charge is 2.15. The summed E-state index contributed by atoms with van der Waals surface area (Å²) in [6, 6.07) is 7.71. The summed E-state index contributed by atoms with van der Waals surface area (Å²) in [6.07, 6.45) is 4.41. The number of amides is 1. The fourth-order valence-corrected chi connectivity index (χ4v) is 5.30. The molecule has 8 heteroatoms. The second-order valence-electron chi connectivity index (χ2n) is 5.85. The Kier molecular flexibility index (Phi) is 7.52. The Balaban J connectivity index is 1.60. The molecule has 1 aliphatic rings. The summed E-state index contributed by atoms with van der Waals surface area (Å²) in [7, 11) is 0. The monoisotopic (exact) mass is 406 g/mol. The molecular weight excluding hydrogens is 384 g/mol. The van der Waals surface area contributed by atoms with E-state index >= 15 is 0 Å². The number of carbonyl (C=O) groups is 1. The Bertz CT molecular complexity index is 775. The number of hydrogen-bond acceptors (Lipinski definition) is 7. The molecule has 0 saturated carbocycles. The van der Waals surface area contributed by atoms with E-state index in [1.165, 1.54) is 24.2 Å². The number of rotatable bonds is 8. The zero-order chi connectivity index (χ0) is 18.2. The molecule has 0 spiro atoms. The molecule has 0 aliphatic carbocycles. The quantitative estimate of drug-likeness (QED) is 0.634. The Morgan fingerprint density at radius 2 is 2.15 bits per heavy atom. The molecule has 0 radical (unpaired) electrons. The topological polar surface area (TPSA) is 67.2 Å². The normalized spacial score (nSPS) is 13.7. The van der Waals surface area contributed by atoms with Gasteiger partial charge in [-0.3, -0.25) is 15.1 Å². The van der Waals surface area contributed by atoms with Gasteiger partial charge in [0.2, 0.25) is 5.13 Å². The second kappa shape index (κ2) is 10.1. The summed E-state index contributed by atoms with van der Waals surface area (Å²) in [5.41, 5.74) is 1.70. The van der Waals surface area contributed by atoms with Crippen molar-refractivity contribution < 1.29 is 4.79 Å². The predicted octanol–water partition coefficient (Wildman–Crippen LogP) is 4.86. The van der Waals surface area contributed by atoms with E-state index in [0.29, 0.717) is 10.7 Å². The van der Waals surface area contributed by atoms with Crippen LogP contribution in [0.3, 0.4) is 0 Å². The fraction of sp³-hybridized carbons (Fsp3) is 0.444. The van der Waals surface area contributed by atoms with Crippen LogP contribution >= 0.6 is 34.9 Å². The number of hydrogen-bond donors (Lipinski definition) is 1. The minimum Gasteiger partial charge on any atom is -0.296 e. The first-order valence-electron chi connectivity index (χ1n) is 8.78. The maximum absolute atomic E-state index is 12.7. The summed E-state index contributed by atoms with van der Waals surface area (Å²) < 4.78 is 1.11. The van der Waals surface area contributed by atoms with Gasteiger partial charge in [0.25, 0.3) is 5.91 Å². The van der Waals surface area contributed by atoms with Crippen LogP contribution in [0.2, 0.25) is 0 Å². The summed E-state index contributed by atoms with van der Waals surface area (Å²) >= 11 is 4.95. The van der Waals surface area contributed by atoms with Crippen LogP contribution in [0.25, 0.3) is 0 Å². The highest BCUT2D eigenvalue weighted by atomic mass is 32.2. The SMILES string of the molecule is CCCCCc1nnc(NC(=O)c2ccccc2CSC2=NCCS2)s1. The van der Waals surface area contributed by atoms with Crippen LogP contribution in [-0.2, 0) is 12.2 Å². The maximum Gasteiger partial charge on any atom is 0.257 e. The van der Waals surface area contributed by atoms with Gasteiger partial charge in [0.1, 0.15) is 9.38 Å². The van der Waals surface area contributed by atoms with Gasteiger partial charge in [-0.05, 0) is 18.1 Å². The molecule has 0 bridgehead atoms. The summed E-state index contributed by atoms with van der Waals surface area (Å²) in [6.45, 7) is 3.08. The number of carbonyl (C=O) groups excluding carboxylic acids is 1. The molecule has 0 saturated heterocycles. The molecule has 1 aromatic carbocycles. The number of aryl methyl sites for hydroxylation is 1. The Morgan fingerprint density at radius 3 is 2.96 bits per heavy atom. The van der Waals surface area contributed by atoms with Crippen molar-refractivity contribution in [2.45, 2.75) is 38.4 Å². The third-order valence-corrected chi connectivity index (χ3v) is 7.05. The van der Waals surface area contributed by atoms with Gasteiger partial charge >= 0.3 is 0 Å². The van der Waals surface area contributed by atoms with E-state index in [1.807, 2.05) is 24.3 Å². The highest BCUT2D eigenvalue weighted by molar-refractivity contribution is 8.38. The zero-order valence-electron chi connectivity index (χ0n) is 14.7. The van der Waals surface area contributed by atoms with E-state index in [9.17, 15) is 4.79 Å². The van der Waals surface area contributed by atoms with E-state index in [-0.39, 0.29) is 5.91 Å². The van der Waals surface area contributed by atoms with Crippen molar-refractivity contribution >= 4 is 50.3 Å². The van der Waals surface area contributed by atoms with Crippen molar-refractivity contribution in [2.24, 2.45) is 4.99 Å². The molecule has 1 amide bonds. The lowest BCUT2D eigenvalue weighted by Crippen LogP contribution is -2.14. The molecule has 3 rings (SSSR count). The second-order valence-corrected chi connectivity index (χ2v) is 9.22. The number of nitrogens with zero attached hydrogens (tertiary/aromatic N) is 3.